The number of para-hydroxylation sites is 1. The highest BCUT2D eigenvalue weighted by atomic mass is 16.3. The van der Waals surface area contributed by atoms with Crippen molar-refractivity contribution in [3.05, 3.63) is 23.8 Å². The summed E-state index contributed by atoms with van der Waals surface area (Å²) in [4.78, 5) is 0. The van der Waals surface area contributed by atoms with E-state index in [0.29, 0.717) is 23.5 Å². The molecule has 0 saturated carbocycles. The Morgan fingerprint density at radius 1 is 1.54 bits per heavy atom. The van der Waals surface area contributed by atoms with E-state index >= 15 is 0 Å². The van der Waals surface area contributed by atoms with Gasteiger partial charge in [0.05, 0.1) is 23.5 Å². The third kappa shape index (κ3) is 2.10. The maximum absolute atomic E-state index is 8.66. The third-order valence-electron chi connectivity index (χ3n) is 1.65. The number of nitrogen functional groups attached to an aromatic ring is 1. The van der Waals surface area contributed by atoms with E-state index in [4.69, 9.17) is 16.1 Å². The molecule has 4 nitrogen and oxygen atoms in total. The summed E-state index contributed by atoms with van der Waals surface area (Å²) in [7, 11) is 0. The van der Waals surface area contributed by atoms with Gasteiger partial charge in [-0.15, -0.1) is 0 Å². The lowest BCUT2D eigenvalue weighted by molar-refractivity contribution is 0.311. The molecule has 0 amide bonds. The largest absolute Gasteiger partial charge is 0.396 e. The van der Waals surface area contributed by atoms with Crippen LogP contribution in [0.25, 0.3) is 0 Å². The Bertz CT molecular complexity index is 330. The predicted molar refractivity (Wildman–Crippen MR) is 51.1 cm³/mol. The molecule has 0 atom stereocenters. The summed E-state index contributed by atoms with van der Waals surface area (Å²) in [5.74, 6) is 0. The van der Waals surface area contributed by atoms with E-state index in [-0.39, 0.29) is 6.61 Å². The summed E-state index contributed by atoms with van der Waals surface area (Å²) in [6.07, 6.45) is 0. The summed E-state index contributed by atoms with van der Waals surface area (Å²) in [5.41, 5.74) is 7.23. The van der Waals surface area contributed by atoms with Gasteiger partial charge >= 0.3 is 0 Å². The highest BCUT2D eigenvalue weighted by molar-refractivity contribution is 5.72. The molecule has 0 saturated heterocycles. The number of aliphatic hydroxyl groups excluding tert-OH is 1. The molecule has 4 N–H and O–H groups in total. The number of hydrogen-bond acceptors (Lipinski definition) is 4. The molecule has 0 bridgehead atoms. The Balaban J connectivity index is 2.90. The molecule has 0 spiro atoms. The van der Waals surface area contributed by atoms with E-state index in [1.165, 1.54) is 0 Å². The molecule has 0 aliphatic rings. The molecule has 0 aromatic heterocycles. The van der Waals surface area contributed by atoms with Gasteiger partial charge < -0.3 is 16.2 Å². The quantitative estimate of drug-likeness (QED) is 0.589. The first-order valence-corrected chi connectivity index (χ1v) is 3.93. The lowest BCUT2D eigenvalue weighted by atomic mass is 10.1. The van der Waals surface area contributed by atoms with Gasteiger partial charge in [-0.2, -0.15) is 5.26 Å². The summed E-state index contributed by atoms with van der Waals surface area (Å²) in [5, 5.41) is 20.1. The van der Waals surface area contributed by atoms with Crippen molar-refractivity contribution in [1.29, 1.82) is 5.26 Å². The molecule has 68 valence electrons. The maximum atomic E-state index is 8.66. The van der Waals surface area contributed by atoms with Gasteiger partial charge in [0.25, 0.3) is 0 Å². The number of rotatable bonds is 3. The Hall–Kier alpha value is -1.73. The Morgan fingerprint density at radius 2 is 2.31 bits per heavy atom. The average molecular weight is 177 g/mol. The number of hydrogen-bond donors (Lipinski definition) is 3. The van der Waals surface area contributed by atoms with Gasteiger partial charge in [-0.1, -0.05) is 6.07 Å². The number of nitrogens with two attached hydrogens (primary N) is 1. The first kappa shape index (κ1) is 9.36. The zero-order chi connectivity index (χ0) is 9.68. The molecule has 0 aliphatic carbocycles. The van der Waals surface area contributed by atoms with E-state index in [9.17, 15) is 0 Å². The van der Waals surface area contributed by atoms with Crippen LogP contribution in [-0.2, 0) is 0 Å². The maximum Gasteiger partial charge on any atom is 0.101 e. The van der Waals surface area contributed by atoms with Crippen LogP contribution < -0.4 is 11.1 Å². The molecule has 13 heavy (non-hydrogen) atoms. The van der Waals surface area contributed by atoms with Crippen LogP contribution in [0.15, 0.2) is 18.2 Å². The second-order valence-corrected chi connectivity index (χ2v) is 2.53. The molecule has 1 aromatic carbocycles. The van der Waals surface area contributed by atoms with Crippen LogP contribution in [0.5, 0.6) is 0 Å². The van der Waals surface area contributed by atoms with Crippen LogP contribution in [0.3, 0.4) is 0 Å². The average Bonchev–Trinajstić information content (AvgIpc) is 2.16. The van der Waals surface area contributed by atoms with Gasteiger partial charge in [-0.25, -0.2) is 0 Å². The standard InChI is InChI=1S/C9H11N3O/c10-6-7-2-1-3-8(9(7)11)12-4-5-13/h1-3,12-13H,4-5,11H2. The van der Waals surface area contributed by atoms with Crippen molar-refractivity contribution < 1.29 is 5.11 Å². The monoisotopic (exact) mass is 177 g/mol. The van der Waals surface area contributed by atoms with Gasteiger partial charge in [-0.05, 0) is 12.1 Å². The van der Waals surface area contributed by atoms with Crippen molar-refractivity contribution in [2.75, 3.05) is 24.2 Å². The lowest BCUT2D eigenvalue weighted by Crippen LogP contribution is -2.08. The summed E-state index contributed by atoms with van der Waals surface area (Å²) < 4.78 is 0. The smallest absolute Gasteiger partial charge is 0.101 e. The first-order chi connectivity index (χ1) is 6.29. The minimum absolute atomic E-state index is 0.0379. The van der Waals surface area contributed by atoms with Crippen LogP contribution >= 0.6 is 0 Å². The summed E-state index contributed by atoms with van der Waals surface area (Å²) in [6, 6.07) is 7.15. The van der Waals surface area contributed by atoms with E-state index in [0.717, 1.165) is 0 Å². The van der Waals surface area contributed by atoms with Crippen LogP contribution in [0.2, 0.25) is 0 Å². The fraction of sp³-hybridized carbons (Fsp3) is 0.222. The topological polar surface area (TPSA) is 82.1 Å². The molecule has 0 fully saturated rings. The van der Waals surface area contributed by atoms with Crippen molar-refractivity contribution in [1.82, 2.24) is 0 Å². The fourth-order valence-corrected chi connectivity index (χ4v) is 1.01. The molecule has 0 heterocycles. The van der Waals surface area contributed by atoms with Crippen LogP contribution in [0.1, 0.15) is 5.56 Å². The number of benzene rings is 1. The summed E-state index contributed by atoms with van der Waals surface area (Å²) >= 11 is 0. The Labute approximate surface area is 76.6 Å². The predicted octanol–water partition coefficient (Wildman–Crippen LogP) is 0.545. The lowest BCUT2D eigenvalue weighted by Gasteiger charge is -2.08. The van der Waals surface area contributed by atoms with Crippen LogP contribution in [-0.4, -0.2) is 18.3 Å². The van der Waals surface area contributed by atoms with Gasteiger partial charge in [0, 0.05) is 6.54 Å². The highest BCUT2D eigenvalue weighted by Crippen LogP contribution is 2.21. The van der Waals surface area contributed by atoms with Crippen molar-refractivity contribution in [3.63, 3.8) is 0 Å². The Kier molecular flexibility index (Phi) is 3.12. The second kappa shape index (κ2) is 4.33. The molecule has 1 aromatic rings. The van der Waals surface area contributed by atoms with E-state index in [1.807, 2.05) is 6.07 Å². The SMILES string of the molecule is N#Cc1cccc(NCCO)c1N. The Morgan fingerprint density at radius 3 is 2.92 bits per heavy atom. The molecule has 0 aliphatic heterocycles. The van der Waals surface area contributed by atoms with Crippen molar-refractivity contribution in [2.45, 2.75) is 0 Å². The molecule has 0 radical (unpaired) electrons. The van der Waals surface area contributed by atoms with Crippen molar-refractivity contribution in [3.8, 4) is 6.07 Å². The molecule has 1 rings (SSSR count). The summed E-state index contributed by atoms with van der Waals surface area (Å²) in [6.45, 7) is 0.468. The molecule has 4 heteroatoms. The molecular weight excluding hydrogens is 166 g/mol. The number of nitrogens with zero attached hydrogens (tertiary/aromatic N) is 1. The number of anilines is 2. The zero-order valence-electron chi connectivity index (χ0n) is 7.12. The number of nitriles is 1. The zero-order valence-corrected chi connectivity index (χ0v) is 7.12. The fourth-order valence-electron chi connectivity index (χ4n) is 1.01. The van der Waals surface area contributed by atoms with Gasteiger partial charge in [0.2, 0.25) is 0 Å². The van der Waals surface area contributed by atoms with E-state index in [2.05, 4.69) is 5.32 Å². The minimum Gasteiger partial charge on any atom is -0.396 e. The minimum atomic E-state index is 0.0379. The van der Waals surface area contributed by atoms with Crippen molar-refractivity contribution >= 4 is 11.4 Å². The van der Waals surface area contributed by atoms with E-state index in [1.54, 1.807) is 18.2 Å². The second-order valence-electron chi connectivity index (χ2n) is 2.53. The van der Waals surface area contributed by atoms with E-state index < -0.39 is 0 Å². The molecule has 0 unspecified atom stereocenters. The van der Waals surface area contributed by atoms with Crippen LogP contribution in [0, 0.1) is 11.3 Å². The van der Waals surface area contributed by atoms with Crippen LogP contribution in [0.4, 0.5) is 11.4 Å². The van der Waals surface area contributed by atoms with Gasteiger partial charge in [0.15, 0.2) is 0 Å². The first-order valence-electron chi connectivity index (χ1n) is 3.93. The highest BCUT2D eigenvalue weighted by Gasteiger charge is 2.02. The number of nitrogens with one attached hydrogen (secondary N) is 1. The number of aliphatic hydroxyl groups is 1. The van der Waals surface area contributed by atoms with Gasteiger partial charge in [-0.3, -0.25) is 0 Å². The van der Waals surface area contributed by atoms with Crippen molar-refractivity contribution in [2.24, 2.45) is 0 Å². The third-order valence-corrected chi connectivity index (χ3v) is 1.65. The molecular formula is C9H11N3O. The normalized spacial score (nSPS) is 9.23. The van der Waals surface area contributed by atoms with Gasteiger partial charge in [0.1, 0.15) is 6.07 Å².